The average molecular weight is 628 g/mol. The van der Waals surface area contributed by atoms with E-state index in [0.29, 0.717) is 16.9 Å². The highest BCUT2D eigenvalue weighted by molar-refractivity contribution is 5.83. The zero-order chi connectivity index (χ0) is 31.3. The minimum atomic E-state index is -1.89. The normalized spacial score (nSPS) is 31.6. The van der Waals surface area contributed by atoms with E-state index in [9.17, 15) is 34.0 Å². The van der Waals surface area contributed by atoms with E-state index in [1.54, 1.807) is 6.07 Å². The number of rotatable bonds is 6. The Morgan fingerprint density at radius 1 is 0.886 bits per heavy atom. The lowest BCUT2D eigenvalue weighted by Gasteiger charge is -2.27. The summed E-state index contributed by atoms with van der Waals surface area (Å²) in [4.78, 5) is 29.9. The highest BCUT2D eigenvalue weighted by atomic mass is 19.1. The van der Waals surface area contributed by atoms with E-state index in [4.69, 9.17) is 32.4 Å². The number of hydrogen-bond donors (Lipinski definition) is 9. The molecule has 6 rings (SSSR count). The van der Waals surface area contributed by atoms with E-state index in [0.717, 1.165) is 10.9 Å². The molecule has 0 amide bonds. The van der Waals surface area contributed by atoms with Crippen molar-refractivity contribution in [3.8, 4) is 0 Å². The maximum atomic E-state index is 14.4. The van der Waals surface area contributed by atoms with Gasteiger partial charge in [0.25, 0.3) is 5.56 Å². The average Bonchev–Trinajstić information content (AvgIpc) is 3.74. The first-order chi connectivity index (χ1) is 20.5. The lowest BCUT2D eigenvalue weighted by atomic mass is 9.97. The molecule has 2 saturated heterocycles. The standard InChI is InChI=1S/C12H16FN5O3.C11H15FN6O4.CH4/c13-7-9(20)12(3-14,4-19)21-11(7)18-5-17-8-6(15)1-2-16-10(8)18;12-4-6(20)11(1-13,2-19)22-9(4)18-3-15-5-7(18)16-10(14)17-8(5)21;/h1-2,5,7,9,11,19-20H,3-4,14H2,(H2,15,16);3-4,6,9,19-20H,1-2,13H2,(H3,14,16,17,21);1H4/t7-,9+,11-,12-;4-,6+,9-,11-;/m11./s1. The van der Waals surface area contributed by atoms with Gasteiger partial charge in [0.1, 0.15) is 28.9 Å². The molecule has 2 aliphatic heterocycles. The SMILES string of the molecule is C.NC[C@]1(CO)O[C@@H](n2cnc3c(=O)[nH]c(N)nc32)[C@H](F)[C@@H]1O.NC[C@]1(CO)O[C@@H](n2cnc3c(N)ccnc32)[C@H](F)[C@@H]1O. The zero-order valence-corrected chi connectivity index (χ0v) is 22.4. The molecule has 2 fully saturated rings. The van der Waals surface area contributed by atoms with Crippen LogP contribution in [0, 0.1) is 0 Å². The van der Waals surface area contributed by atoms with Crippen LogP contribution in [0.1, 0.15) is 19.9 Å². The number of imidazole rings is 2. The number of H-pyrrole nitrogens is 1. The van der Waals surface area contributed by atoms with Gasteiger partial charge in [0.15, 0.2) is 41.6 Å². The van der Waals surface area contributed by atoms with Crippen LogP contribution in [0.4, 0.5) is 20.4 Å². The van der Waals surface area contributed by atoms with Gasteiger partial charge in [-0.2, -0.15) is 4.98 Å². The number of nitrogens with two attached hydrogens (primary N) is 4. The van der Waals surface area contributed by atoms with Gasteiger partial charge in [-0.3, -0.25) is 18.9 Å². The number of nitrogen functional groups attached to an aromatic ring is 2. The van der Waals surface area contributed by atoms with Crippen molar-refractivity contribution in [1.29, 1.82) is 0 Å². The smallest absolute Gasteiger partial charge is 0.280 e. The number of aliphatic hydroxyl groups excluding tert-OH is 4. The van der Waals surface area contributed by atoms with Crippen LogP contribution < -0.4 is 28.5 Å². The second-order valence-electron chi connectivity index (χ2n) is 10.1. The van der Waals surface area contributed by atoms with E-state index in [2.05, 4.69) is 24.9 Å². The molecule has 0 saturated carbocycles. The van der Waals surface area contributed by atoms with Gasteiger partial charge < -0.3 is 52.8 Å². The second kappa shape index (κ2) is 12.2. The number of nitrogens with one attached hydrogen (secondary N) is 1. The summed E-state index contributed by atoms with van der Waals surface area (Å²) < 4.78 is 42.2. The molecule has 6 heterocycles. The third kappa shape index (κ3) is 5.03. The van der Waals surface area contributed by atoms with E-state index in [-0.39, 0.29) is 37.6 Å². The minimum Gasteiger partial charge on any atom is -0.397 e. The monoisotopic (exact) mass is 627 g/mol. The van der Waals surface area contributed by atoms with Gasteiger partial charge in [0.2, 0.25) is 5.95 Å². The molecule has 0 radical (unpaired) electrons. The number of aliphatic hydroxyl groups is 4. The Bertz CT molecular complexity index is 1660. The van der Waals surface area contributed by atoms with Crippen molar-refractivity contribution in [1.82, 2.24) is 34.1 Å². The summed E-state index contributed by atoms with van der Waals surface area (Å²) in [5, 5.41) is 38.7. The Hall–Kier alpha value is -3.89. The van der Waals surface area contributed by atoms with E-state index < -0.39 is 67.0 Å². The first-order valence-corrected chi connectivity index (χ1v) is 12.9. The predicted octanol–water partition coefficient (Wildman–Crippen LogP) is -2.81. The number of anilines is 2. The van der Waals surface area contributed by atoms with Crippen molar-refractivity contribution in [3.63, 3.8) is 0 Å². The van der Waals surface area contributed by atoms with Crippen LogP contribution in [0.3, 0.4) is 0 Å². The van der Waals surface area contributed by atoms with Crippen molar-refractivity contribution in [2.24, 2.45) is 11.5 Å². The minimum absolute atomic E-state index is 0. The molecule has 2 aliphatic rings. The number of alkyl halides is 2. The Morgan fingerprint density at radius 3 is 1.86 bits per heavy atom. The summed E-state index contributed by atoms with van der Waals surface area (Å²) in [6.45, 7) is -1.76. The largest absolute Gasteiger partial charge is 0.397 e. The molecule has 4 aromatic heterocycles. The summed E-state index contributed by atoms with van der Waals surface area (Å²) in [5.41, 5.74) is 19.6. The number of aromatic amines is 1. The van der Waals surface area contributed by atoms with Gasteiger partial charge in [-0.1, -0.05) is 7.43 Å². The fourth-order valence-corrected chi connectivity index (χ4v) is 5.06. The third-order valence-corrected chi connectivity index (χ3v) is 7.65. The molecule has 0 aromatic carbocycles. The van der Waals surface area contributed by atoms with Crippen molar-refractivity contribution < 1.29 is 38.7 Å². The lowest BCUT2D eigenvalue weighted by Crippen LogP contribution is -2.51. The lowest BCUT2D eigenvalue weighted by molar-refractivity contribution is -0.120. The number of aromatic nitrogens is 7. The molecule has 18 nitrogen and oxygen atoms in total. The summed E-state index contributed by atoms with van der Waals surface area (Å²) in [7, 11) is 0. The van der Waals surface area contributed by atoms with Crippen LogP contribution in [-0.2, 0) is 9.47 Å². The number of hydrogen-bond acceptors (Lipinski definition) is 15. The molecule has 0 spiro atoms. The Labute approximate surface area is 247 Å². The van der Waals surface area contributed by atoms with E-state index >= 15 is 0 Å². The van der Waals surface area contributed by atoms with Crippen molar-refractivity contribution >= 4 is 34.0 Å². The summed E-state index contributed by atoms with van der Waals surface area (Å²) in [6, 6.07) is 1.58. The molecule has 0 unspecified atom stereocenters. The van der Waals surface area contributed by atoms with Crippen LogP contribution >= 0.6 is 0 Å². The third-order valence-electron chi connectivity index (χ3n) is 7.65. The Kier molecular flexibility index (Phi) is 9.19. The maximum Gasteiger partial charge on any atom is 0.280 e. The van der Waals surface area contributed by atoms with Crippen molar-refractivity contribution in [2.45, 2.75) is 55.6 Å². The number of ether oxygens (including phenoxy) is 2. The molecule has 242 valence electrons. The summed E-state index contributed by atoms with van der Waals surface area (Å²) >= 11 is 0. The van der Waals surface area contributed by atoms with Gasteiger partial charge in [-0.05, 0) is 6.07 Å². The number of halogens is 2. The van der Waals surface area contributed by atoms with Gasteiger partial charge in [0.05, 0.1) is 31.6 Å². The van der Waals surface area contributed by atoms with Crippen LogP contribution in [0.5, 0.6) is 0 Å². The Balaban J connectivity index is 0.000000197. The molecule has 13 N–H and O–H groups in total. The second-order valence-corrected chi connectivity index (χ2v) is 10.1. The quantitative estimate of drug-likeness (QED) is 0.104. The molecule has 44 heavy (non-hydrogen) atoms. The van der Waals surface area contributed by atoms with Gasteiger partial charge >= 0.3 is 0 Å². The number of fused-ring (bicyclic) bond motifs is 2. The topological polar surface area (TPSA) is 298 Å². The van der Waals surface area contributed by atoms with Crippen LogP contribution in [0.15, 0.2) is 29.7 Å². The van der Waals surface area contributed by atoms with Crippen molar-refractivity contribution in [3.05, 3.63) is 35.3 Å². The molecule has 8 atom stereocenters. The van der Waals surface area contributed by atoms with Gasteiger partial charge in [0, 0.05) is 19.3 Å². The highest BCUT2D eigenvalue weighted by Gasteiger charge is 2.56. The van der Waals surface area contributed by atoms with E-state index in [1.165, 1.54) is 17.1 Å². The first kappa shape index (κ1) is 33.0. The maximum absolute atomic E-state index is 14.4. The van der Waals surface area contributed by atoms with Gasteiger partial charge in [-0.15, -0.1) is 0 Å². The number of nitrogens with zero attached hydrogens (tertiary/aromatic N) is 6. The summed E-state index contributed by atoms with van der Waals surface area (Å²) in [5.74, 6) is -0.166. The number of pyridine rings is 1. The Morgan fingerprint density at radius 2 is 1.39 bits per heavy atom. The molecule has 0 bridgehead atoms. The molecule has 20 heteroatoms. The van der Waals surface area contributed by atoms with E-state index in [1.807, 2.05) is 0 Å². The molecule has 0 aliphatic carbocycles. The highest BCUT2D eigenvalue weighted by Crippen LogP contribution is 2.40. The predicted molar refractivity (Wildman–Crippen MR) is 151 cm³/mol. The van der Waals surface area contributed by atoms with Crippen LogP contribution in [0.2, 0.25) is 0 Å². The molecule has 4 aromatic rings. The van der Waals surface area contributed by atoms with Gasteiger partial charge in [-0.25, -0.2) is 23.7 Å². The zero-order valence-electron chi connectivity index (χ0n) is 22.4. The molecular formula is C24H35F2N11O7. The fraction of sp³-hybridized carbons (Fsp3) is 0.542. The van der Waals surface area contributed by atoms with Crippen molar-refractivity contribution in [2.75, 3.05) is 37.8 Å². The summed E-state index contributed by atoms with van der Waals surface area (Å²) in [6.07, 6.45) is -5.42. The van der Waals surface area contributed by atoms with Crippen LogP contribution in [-0.4, -0.2) is 117 Å². The molecular weight excluding hydrogens is 592 g/mol. The fourth-order valence-electron chi connectivity index (χ4n) is 5.06. The first-order valence-electron chi connectivity index (χ1n) is 12.9. The van der Waals surface area contributed by atoms with Crippen LogP contribution in [0.25, 0.3) is 22.3 Å².